The first kappa shape index (κ1) is 12.9. The highest BCUT2D eigenvalue weighted by Gasteiger charge is 2.16. The van der Waals surface area contributed by atoms with Gasteiger partial charge >= 0.3 is 0 Å². The van der Waals surface area contributed by atoms with Crippen molar-refractivity contribution in [1.82, 2.24) is 0 Å². The molecule has 1 aromatic heterocycles. The largest absolute Gasteiger partial charge is 0.259 e. The highest BCUT2D eigenvalue weighted by molar-refractivity contribution is 7.92. The van der Waals surface area contributed by atoms with Gasteiger partial charge in [0.2, 0.25) is 0 Å². The molecule has 0 aromatic carbocycles. The van der Waals surface area contributed by atoms with E-state index in [0.29, 0.717) is 0 Å². The molecule has 86 valence electrons. The normalized spacial score (nSPS) is 16.1. The molecular weight excluding hydrogens is 252 g/mol. The first-order valence-electron chi connectivity index (χ1n) is 4.48. The van der Waals surface area contributed by atoms with Crippen LogP contribution in [0, 0.1) is 0 Å². The summed E-state index contributed by atoms with van der Waals surface area (Å²) in [7, 11) is -4.12. The average Bonchev–Trinajstić information content (AvgIpc) is 2.64. The standard InChI is InChI=1S/C9H14O3S3/c1-8(9-4-3-5-13-9)14(10)6-7-15(2,11)12/h3-5,8H,6-7H2,1-2H3/t8-,14-/m1/s1. The molecule has 1 aromatic rings. The van der Waals surface area contributed by atoms with E-state index in [1.807, 2.05) is 24.4 Å². The molecule has 0 N–H and O–H groups in total. The van der Waals surface area contributed by atoms with Crippen LogP contribution in [0.4, 0.5) is 0 Å². The Morgan fingerprint density at radius 1 is 1.53 bits per heavy atom. The van der Waals surface area contributed by atoms with Gasteiger partial charge in [-0.3, -0.25) is 4.21 Å². The van der Waals surface area contributed by atoms with Crippen molar-refractivity contribution in [2.24, 2.45) is 0 Å². The number of hydrogen-bond acceptors (Lipinski definition) is 4. The predicted molar refractivity (Wildman–Crippen MR) is 65.5 cm³/mol. The molecule has 0 saturated carbocycles. The maximum atomic E-state index is 11.7. The Morgan fingerprint density at radius 2 is 2.20 bits per heavy atom. The van der Waals surface area contributed by atoms with E-state index in [1.54, 1.807) is 11.3 Å². The van der Waals surface area contributed by atoms with Crippen LogP contribution in [-0.4, -0.2) is 30.4 Å². The molecule has 0 spiro atoms. The topological polar surface area (TPSA) is 51.2 Å². The van der Waals surface area contributed by atoms with Gasteiger partial charge in [0.25, 0.3) is 0 Å². The van der Waals surface area contributed by atoms with Crippen LogP contribution in [0.15, 0.2) is 17.5 Å². The van der Waals surface area contributed by atoms with Crippen LogP contribution >= 0.6 is 11.3 Å². The molecule has 6 heteroatoms. The fraction of sp³-hybridized carbons (Fsp3) is 0.556. The molecule has 1 rings (SSSR count). The molecule has 0 aliphatic rings. The Kier molecular flexibility index (Phi) is 4.48. The summed E-state index contributed by atoms with van der Waals surface area (Å²) in [6, 6.07) is 3.83. The molecule has 15 heavy (non-hydrogen) atoms. The minimum absolute atomic E-state index is 0.00464. The van der Waals surface area contributed by atoms with Gasteiger partial charge in [-0.05, 0) is 18.4 Å². The molecule has 0 unspecified atom stereocenters. The van der Waals surface area contributed by atoms with Crippen molar-refractivity contribution in [3.8, 4) is 0 Å². The molecule has 0 bridgehead atoms. The molecule has 0 fully saturated rings. The Morgan fingerprint density at radius 3 is 2.67 bits per heavy atom. The number of rotatable bonds is 5. The molecule has 2 atom stereocenters. The van der Waals surface area contributed by atoms with Crippen LogP contribution in [0.2, 0.25) is 0 Å². The highest BCUT2D eigenvalue weighted by atomic mass is 32.2. The zero-order valence-corrected chi connectivity index (χ0v) is 11.1. The zero-order chi connectivity index (χ0) is 11.5. The molecule has 0 aliphatic heterocycles. The van der Waals surface area contributed by atoms with Gasteiger partial charge in [-0.2, -0.15) is 0 Å². The summed E-state index contributed by atoms with van der Waals surface area (Å²) in [6.45, 7) is 1.87. The van der Waals surface area contributed by atoms with Crippen molar-refractivity contribution in [2.45, 2.75) is 12.2 Å². The third-order valence-corrected chi connectivity index (χ3v) is 6.05. The van der Waals surface area contributed by atoms with Gasteiger partial charge in [-0.15, -0.1) is 11.3 Å². The van der Waals surface area contributed by atoms with E-state index in [9.17, 15) is 12.6 Å². The molecule has 3 nitrogen and oxygen atoms in total. The zero-order valence-electron chi connectivity index (χ0n) is 8.67. The number of hydrogen-bond donors (Lipinski definition) is 0. The fourth-order valence-electron chi connectivity index (χ4n) is 1.06. The average molecular weight is 266 g/mol. The minimum Gasteiger partial charge on any atom is -0.259 e. The lowest BCUT2D eigenvalue weighted by Crippen LogP contribution is -2.14. The van der Waals surface area contributed by atoms with Crippen LogP contribution in [-0.2, 0) is 20.6 Å². The van der Waals surface area contributed by atoms with E-state index >= 15 is 0 Å². The van der Waals surface area contributed by atoms with E-state index < -0.39 is 20.6 Å². The van der Waals surface area contributed by atoms with Gasteiger partial charge in [0.15, 0.2) is 0 Å². The summed E-state index contributed by atoms with van der Waals surface area (Å²) in [4.78, 5) is 1.04. The van der Waals surface area contributed by atoms with Gasteiger partial charge in [0.1, 0.15) is 9.84 Å². The van der Waals surface area contributed by atoms with Crippen molar-refractivity contribution in [3.05, 3.63) is 22.4 Å². The molecule has 0 aliphatic carbocycles. The van der Waals surface area contributed by atoms with Gasteiger partial charge in [-0.1, -0.05) is 6.07 Å². The van der Waals surface area contributed by atoms with Gasteiger partial charge in [0, 0.05) is 27.7 Å². The molecule has 0 radical (unpaired) electrons. The maximum Gasteiger partial charge on any atom is 0.148 e. The van der Waals surface area contributed by atoms with Gasteiger partial charge in [-0.25, -0.2) is 8.42 Å². The summed E-state index contributed by atoms with van der Waals surface area (Å²) in [5, 5.41) is 1.85. The Balaban J connectivity index is 2.55. The van der Waals surface area contributed by atoms with E-state index in [-0.39, 0.29) is 16.8 Å². The van der Waals surface area contributed by atoms with Crippen molar-refractivity contribution < 1.29 is 12.6 Å². The van der Waals surface area contributed by atoms with Crippen LogP contribution < -0.4 is 0 Å². The Labute approximate surface area is 96.9 Å². The third kappa shape index (κ3) is 4.44. The summed E-state index contributed by atoms with van der Waals surface area (Å²) in [6.07, 6.45) is 1.17. The van der Waals surface area contributed by atoms with Gasteiger partial charge < -0.3 is 0 Å². The van der Waals surface area contributed by atoms with Crippen molar-refractivity contribution in [1.29, 1.82) is 0 Å². The summed E-state index contributed by atoms with van der Waals surface area (Å²) < 4.78 is 33.6. The highest BCUT2D eigenvalue weighted by Crippen LogP contribution is 2.23. The Bertz CT molecular complexity index is 419. The molecule has 0 saturated heterocycles. The fourth-order valence-corrected chi connectivity index (χ4v) is 4.77. The lowest BCUT2D eigenvalue weighted by atomic mass is 10.4. The lowest BCUT2D eigenvalue weighted by molar-refractivity contribution is 0.602. The summed E-state index contributed by atoms with van der Waals surface area (Å²) >= 11 is 1.55. The van der Waals surface area contributed by atoms with E-state index in [0.717, 1.165) is 4.88 Å². The monoisotopic (exact) mass is 266 g/mol. The Hall–Kier alpha value is -0.200. The quantitative estimate of drug-likeness (QED) is 0.813. The van der Waals surface area contributed by atoms with Crippen LogP contribution in [0.1, 0.15) is 17.1 Å². The van der Waals surface area contributed by atoms with Crippen molar-refractivity contribution in [2.75, 3.05) is 17.8 Å². The van der Waals surface area contributed by atoms with Crippen LogP contribution in [0.5, 0.6) is 0 Å². The summed E-state index contributed by atoms with van der Waals surface area (Å²) in [5.74, 6) is 0.216. The maximum absolute atomic E-state index is 11.7. The van der Waals surface area contributed by atoms with Crippen molar-refractivity contribution in [3.63, 3.8) is 0 Å². The second-order valence-corrected chi connectivity index (χ2v) is 8.49. The van der Waals surface area contributed by atoms with Crippen LogP contribution in [0.25, 0.3) is 0 Å². The smallest absolute Gasteiger partial charge is 0.148 e. The summed E-state index contributed by atoms with van der Waals surface area (Å²) in [5.41, 5.74) is 0. The first-order chi connectivity index (χ1) is 6.90. The van der Waals surface area contributed by atoms with E-state index in [4.69, 9.17) is 0 Å². The number of thiophene rings is 1. The molecular formula is C9H14O3S3. The lowest BCUT2D eigenvalue weighted by Gasteiger charge is -2.08. The first-order valence-corrected chi connectivity index (χ1v) is 8.80. The molecule has 1 heterocycles. The van der Waals surface area contributed by atoms with Crippen molar-refractivity contribution >= 4 is 32.0 Å². The van der Waals surface area contributed by atoms with E-state index in [1.165, 1.54) is 6.26 Å². The third-order valence-electron chi connectivity index (χ3n) is 1.99. The number of sulfone groups is 1. The predicted octanol–water partition coefficient (Wildman–Crippen LogP) is 1.60. The minimum atomic E-state index is -3.01. The van der Waals surface area contributed by atoms with Gasteiger partial charge in [0.05, 0.1) is 11.0 Å². The second kappa shape index (κ2) is 5.23. The molecule has 0 amide bonds. The van der Waals surface area contributed by atoms with Crippen LogP contribution in [0.3, 0.4) is 0 Å². The SMILES string of the molecule is C[C@H](c1cccs1)[S@](=O)CCS(C)(=O)=O. The van der Waals surface area contributed by atoms with E-state index in [2.05, 4.69) is 0 Å². The second-order valence-electron chi connectivity index (χ2n) is 3.37.